The first-order chi connectivity index (χ1) is 22.2. The van der Waals surface area contributed by atoms with E-state index in [1.165, 1.54) is 37.5 Å². The fourth-order valence-electron chi connectivity index (χ4n) is 3.13. The molecule has 5 N–H and O–H groups in total. The molecule has 0 heterocycles. The van der Waals surface area contributed by atoms with Gasteiger partial charge in [0.05, 0.1) is 28.3 Å². The number of carbonyl (C=O) groups excluding carboxylic acids is 1. The molecule has 0 radical (unpaired) electrons. The molecule has 0 aliphatic rings. The third-order valence-electron chi connectivity index (χ3n) is 5.09. The van der Waals surface area contributed by atoms with Gasteiger partial charge in [-0.3, -0.25) is 9.18 Å². The summed E-state index contributed by atoms with van der Waals surface area (Å²) in [5.74, 6) is 1.95. The number of aliphatic hydroxyl groups is 2. The van der Waals surface area contributed by atoms with E-state index in [9.17, 15) is 9.50 Å². The van der Waals surface area contributed by atoms with Gasteiger partial charge in [-0.1, -0.05) is 49.0 Å². The summed E-state index contributed by atoms with van der Waals surface area (Å²) in [7, 11) is -1.00. The second-order valence-corrected chi connectivity index (χ2v) is 9.84. The van der Waals surface area contributed by atoms with Crippen molar-refractivity contribution >= 4 is 22.4 Å². The van der Waals surface area contributed by atoms with Crippen LogP contribution in [0.5, 0.6) is 34.5 Å². The molecule has 0 bridgehead atoms. The Morgan fingerprint density at radius 2 is 1.06 bits per heavy atom. The van der Waals surface area contributed by atoms with Gasteiger partial charge >= 0.3 is 103 Å². The summed E-state index contributed by atoms with van der Waals surface area (Å²) < 4.78 is 31.8. The van der Waals surface area contributed by atoms with E-state index in [1.807, 2.05) is 13.8 Å². The van der Waals surface area contributed by atoms with Crippen LogP contribution in [0.4, 0.5) is 4.39 Å². The SMILES string of the molecule is CCCOc1cc(O)cc(O)c1.CCCOc1cc(O)cc(OCCCCCCO)c1.O=CO[O-].OCCCCCCBr.[2H]CF.[H-].[K+].[K+]. The first-order valence-corrected chi connectivity index (χ1v) is 16.0. The van der Waals surface area contributed by atoms with Gasteiger partial charge in [-0.15, -0.1) is 0 Å². The number of hydrogen-bond donors (Lipinski definition) is 5. The molecule has 2 aromatic carbocycles. The Morgan fingerprint density at radius 1 is 0.723 bits per heavy atom. The number of halogens is 2. The molecular weight excluding hydrogens is 737 g/mol. The van der Waals surface area contributed by atoms with Crippen LogP contribution in [0.15, 0.2) is 36.4 Å². The van der Waals surface area contributed by atoms with Crippen molar-refractivity contribution in [1.82, 2.24) is 0 Å². The Kier molecular flexibility index (Phi) is 53.2. The van der Waals surface area contributed by atoms with E-state index in [2.05, 4.69) is 20.8 Å². The monoisotopic (exact) mass is 791 g/mol. The topological polar surface area (TPSA) is 178 Å². The van der Waals surface area contributed by atoms with E-state index < -0.39 is 7.15 Å². The minimum Gasteiger partial charge on any atom is -1.00 e. The number of unbranched alkanes of at least 4 members (excludes halogenated alkanes) is 6. The maximum absolute atomic E-state index is 9.96. The van der Waals surface area contributed by atoms with E-state index in [1.54, 1.807) is 18.2 Å². The molecule has 0 unspecified atom stereocenters. The van der Waals surface area contributed by atoms with Crippen LogP contribution in [0.1, 0.15) is 80.9 Å². The number of phenolic OH excluding ortho intramolecular Hbond substituents is 3. The largest absolute Gasteiger partial charge is 1.00 e. The first kappa shape index (κ1) is 54.1. The van der Waals surface area contributed by atoms with Gasteiger partial charge in [0, 0.05) is 54.9 Å². The number of hydrogen-bond acceptors (Lipinski definition) is 11. The van der Waals surface area contributed by atoms with Gasteiger partial charge in [0.2, 0.25) is 0 Å². The molecule has 264 valence electrons. The molecule has 0 aliphatic carbocycles. The van der Waals surface area contributed by atoms with Gasteiger partial charge in [-0.25, -0.2) is 0 Å². The van der Waals surface area contributed by atoms with Crippen LogP contribution in [0.3, 0.4) is 0 Å². The van der Waals surface area contributed by atoms with Crippen molar-refractivity contribution in [3.05, 3.63) is 36.4 Å². The average Bonchev–Trinajstić information content (AvgIpc) is 3.03. The molecule has 0 fully saturated rings. The summed E-state index contributed by atoms with van der Waals surface area (Å²) in [4.78, 5) is 11.2. The van der Waals surface area contributed by atoms with Crippen molar-refractivity contribution in [3.63, 3.8) is 0 Å². The van der Waals surface area contributed by atoms with Gasteiger partial charge in [-0.05, 0) is 44.9 Å². The second-order valence-electron chi connectivity index (χ2n) is 9.05. The van der Waals surface area contributed by atoms with Gasteiger partial charge in [0.25, 0.3) is 6.47 Å². The number of aliphatic hydroxyl groups excluding tert-OH is 2. The summed E-state index contributed by atoms with van der Waals surface area (Å²) in [6.45, 7) is 6.28. The van der Waals surface area contributed by atoms with Crippen LogP contribution in [0, 0.1) is 0 Å². The van der Waals surface area contributed by atoms with Crippen LogP contribution in [0.2, 0.25) is 0 Å². The minimum absolute atomic E-state index is 0. The zero-order chi connectivity index (χ0) is 35.3. The summed E-state index contributed by atoms with van der Waals surface area (Å²) in [5.41, 5.74) is 0. The Balaban J connectivity index is -0.000000133. The van der Waals surface area contributed by atoms with Gasteiger partial charge in [0.1, 0.15) is 34.5 Å². The van der Waals surface area contributed by atoms with Crippen LogP contribution in [0.25, 0.3) is 0 Å². The quantitative estimate of drug-likeness (QED) is 0.0325. The van der Waals surface area contributed by atoms with E-state index in [0.29, 0.717) is 43.7 Å². The standard InChI is InChI=1S/C15H24O4.C9H12O3.C6H13BrO.CH3F.CH2O3.2K.H/c1-2-8-18-14-10-13(17)11-15(12-14)19-9-6-4-3-5-7-16;1-2-3-12-9-5-7(10)4-8(11)6-9;7-5-3-1-2-4-6-8;1-2;2-1-4-3;;;/h10-12,16-17H,2-9H2,1H3;4-6,10-11H,2-3H2,1H3;8H,1-6H2;1H3;1,3H;;;/q;;;;;2*+1;-1/p-1/i;;;1D;;;;. The zero-order valence-corrected chi connectivity index (χ0v) is 36.3. The molecular formula is C32H54BrFK2O11. The Bertz CT molecular complexity index is 920. The molecule has 2 aromatic rings. The van der Waals surface area contributed by atoms with Crippen LogP contribution in [-0.4, -0.2) is 77.5 Å². The van der Waals surface area contributed by atoms with Gasteiger partial charge in [0.15, 0.2) is 0 Å². The first-order valence-electron chi connectivity index (χ1n) is 15.5. The normalized spacial score (nSPS) is 9.21. The molecule has 0 amide bonds. The van der Waals surface area contributed by atoms with E-state index in [0.717, 1.165) is 50.3 Å². The Morgan fingerprint density at radius 3 is 1.43 bits per heavy atom. The summed E-state index contributed by atoms with van der Waals surface area (Å²) in [6, 6.07) is 9.17. The zero-order valence-electron chi connectivity index (χ0n) is 30.5. The second kappa shape index (κ2) is 46.3. The maximum atomic E-state index is 9.96. The summed E-state index contributed by atoms with van der Waals surface area (Å²) in [5, 5.41) is 54.2. The third-order valence-corrected chi connectivity index (χ3v) is 5.65. The van der Waals surface area contributed by atoms with Crippen molar-refractivity contribution in [2.45, 2.75) is 78.1 Å². The van der Waals surface area contributed by atoms with Gasteiger partial charge in [-0.2, -0.15) is 0 Å². The molecule has 0 saturated heterocycles. The van der Waals surface area contributed by atoms with E-state index >= 15 is 0 Å². The van der Waals surface area contributed by atoms with Crippen LogP contribution in [-0.2, 0) is 9.68 Å². The maximum Gasteiger partial charge on any atom is 1.00 e. The average molecular weight is 793 g/mol. The molecule has 0 saturated carbocycles. The number of alkyl halides is 2. The number of ether oxygens (including phenoxy) is 3. The number of aromatic hydroxyl groups is 3. The summed E-state index contributed by atoms with van der Waals surface area (Å²) in [6.07, 6.45) is 10.3. The summed E-state index contributed by atoms with van der Waals surface area (Å²) >= 11 is 3.34. The minimum atomic E-state index is -1.00. The fourth-order valence-corrected chi connectivity index (χ4v) is 3.53. The molecule has 0 atom stereocenters. The smallest absolute Gasteiger partial charge is 1.00 e. The molecule has 2 rings (SSSR count). The fraction of sp³-hybridized carbons (Fsp3) is 0.594. The van der Waals surface area contributed by atoms with Crippen LogP contribution < -0.4 is 122 Å². The number of rotatable bonds is 19. The van der Waals surface area contributed by atoms with E-state index in [-0.39, 0.29) is 135 Å². The Hall–Kier alpha value is 0.273. The number of carbonyl (C=O) groups is 1. The van der Waals surface area contributed by atoms with Crippen LogP contribution >= 0.6 is 15.9 Å². The van der Waals surface area contributed by atoms with Crippen molar-refractivity contribution in [2.75, 3.05) is 45.5 Å². The van der Waals surface area contributed by atoms with Gasteiger partial charge < -0.3 is 51.3 Å². The van der Waals surface area contributed by atoms with Crippen molar-refractivity contribution < 1.29 is 165 Å². The molecule has 0 aliphatic heterocycles. The predicted octanol–water partition coefficient (Wildman–Crippen LogP) is 0.0740. The Labute approximate surface area is 376 Å². The third kappa shape index (κ3) is 42.4. The van der Waals surface area contributed by atoms with Crippen molar-refractivity contribution in [1.29, 1.82) is 0 Å². The molecule has 11 nitrogen and oxygen atoms in total. The van der Waals surface area contributed by atoms with Crippen molar-refractivity contribution in [3.8, 4) is 34.5 Å². The number of benzene rings is 2. The van der Waals surface area contributed by atoms with E-state index in [4.69, 9.17) is 46.1 Å². The molecule has 47 heavy (non-hydrogen) atoms. The molecule has 15 heteroatoms. The molecule has 0 aromatic heterocycles. The number of phenols is 3. The van der Waals surface area contributed by atoms with Crippen molar-refractivity contribution in [2.24, 2.45) is 0 Å². The molecule has 0 spiro atoms. The predicted molar refractivity (Wildman–Crippen MR) is 175 cm³/mol.